The lowest BCUT2D eigenvalue weighted by Crippen LogP contribution is -2.45. The van der Waals surface area contributed by atoms with Crippen molar-refractivity contribution in [2.45, 2.75) is 32.7 Å². The topological polar surface area (TPSA) is 59.2 Å². The van der Waals surface area contributed by atoms with Gasteiger partial charge in [0.1, 0.15) is 5.69 Å². The molecule has 2 unspecified atom stereocenters. The number of hydrogen-bond donors (Lipinski definition) is 1. The Hall–Kier alpha value is -1.42. The predicted octanol–water partition coefficient (Wildman–Crippen LogP) is 1.59. The van der Waals surface area contributed by atoms with Crippen LogP contribution in [0.1, 0.15) is 35.8 Å². The average Bonchev–Trinajstić information content (AvgIpc) is 2.38. The molecule has 0 saturated carbocycles. The lowest BCUT2D eigenvalue weighted by Gasteiger charge is -2.34. The molecule has 1 aromatic rings. The van der Waals surface area contributed by atoms with Crippen molar-refractivity contribution in [1.29, 1.82) is 0 Å². The molecule has 1 aromatic heterocycles. The summed E-state index contributed by atoms with van der Waals surface area (Å²) in [7, 11) is 0. The highest BCUT2D eigenvalue weighted by atomic mass is 16.2. The Bertz CT molecular complexity index is 431. The van der Waals surface area contributed by atoms with E-state index in [0.29, 0.717) is 11.6 Å². The van der Waals surface area contributed by atoms with Crippen LogP contribution in [0, 0.1) is 12.8 Å². The SMILES string of the molecule is Cc1cccnc1C(=O)N1CCCC(C(C)N)C1. The molecule has 0 radical (unpaired) electrons. The molecule has 98 valence electrons. The van der Waals surface area contributed by atoms with Crippen LogP contribution in [0.2, 0.25) is 0 Å². The van der Waals surface area contributed by atoms with Crippen molar-refractivity contribution >= 4 is 5.91 Å². The minimum absolute atomic E-state index is 0.0402. The number of hydrogen-bond acceptors (Lipinski definition) is 3. The van der Waals surface area contributed by atoms with Gasteiger partial charge in [0.25, 0.3) is 5.91 Å². The van der Waals surface area contributed by atoms with Gasteiger partial charge in [0.2, 0.25) is 0 Å². The van der Waals surface area contributed by atoms with Crippen LogP contribution < -0.4 is 5.73 Å². The molecular formula is C14H21N3O. The first-order valence-corrected chi connectivity index (χ1v) is 6.56. The fourth-order valence-electron chi connectivity index (χ4n) is 2.48. The second-order valence-corrected chi connectivity index (χ2v) is 5.18. The molecule has 2 N–H and O–H groups in total. The molecule has 18 heavy (non-hydrogen) atoms. The zero-order valence-corrected chi connectivity index (χ0v) is 11.1. The van der Waals surface area contributed by atoms with Gasteiger partial charge in [-0.2, -0.15) is 0 Å². The molecular weight excluding hydrogens is 226 g/mol. The molecule has 1 amide bonds. The standard InChI is InChI=1S/C14H21N3O/c1-10-5-3-7-16-13(10)14(18)17-8-4-6-12(9-17)11(2)15/h3,5,7,11-12H,4,6,8-9,15H2,1-2H3. The maximum Gasteiger partial charge on any atom is 0.272 e. The number of pyridine rings is 1. The van der Waals surface area contributed by atoms with Crippen molar-refractivity contribution < 1.29 is 4.79 Å². The van der Waals surface area contributed by atoms with Crippen molar-refractivity contribution in [1.82, 2.24) is 9.88 Å². The van der Waals surface area contributed by atoms with Crippen LogP contribution in [0.4, 0.5) is 0 Å². The maximum atomic E-state index is 12.4. The number of piperidine rings is 1. The third-order valence-electron chi connectivity index (χ3n) is 3.70. The largest absolute Gasteiger partial charge is 0.337 e. The second-order valence-electron chi connectivity index (χ2n) is 5.18. The fraction of sp³-hybridized carbons (Fsp3) is 0.571. The van der Waals surface area contributed by atoms with Gasteiger partial charge in [-0.3, -0.25) is 9.78 Å². The number of nitrogens with two attached hydrogens (primary N) is 1. The first-order chi connectivity index (χ1) is 8.59. The van der Waals surface area contributed by atoms with Crippen molar-refractivity contribution in [3.63, 3.8) is 0 Å². The molecule has 0 aliphatic carbocycles. The van der Waals surface area contributed by atoms with E-state index in [4.69, 9.17) is 5.73 Å². The van der Waals surface area contributed by atoms with Crippen LogP contribution in [-0.4, -0.2) is 34.9 Å². The first kappa shape index (κ1) is 13.0. The van der Waals surface area contributed by atoms with Gasteiger partial charge in [0.05, 0.1) is 0 Å². The number of carbonyl (C=O) groups is 1. The van der Waals surface area contributed by atoms with Crippen LogP contribution in [0.3, 0.4) is 0 Å². The van der Waals surface area contributed by atoms with E-state index in [1.54, 1.807) is 6.20 Å². The summed E-state index contributed by atoms with van der Waals surface area (Å²) in [6.07, 6.45) is 3.82. The van der Waals surface area contributed by atoms with Gasteiger partial charge >= 0.3 is 0 Å². The molecule has 1 fully saturated rings. The lowest BCUT2D eigenvalue weighted by molar-refractivity contribution is 0.0654. The van der Waals surface area contributed by atoms with Gasteiger partial charge in [-0.15, -0.1) is 0 Å². The third kappa shape index (κ3) is 2.70. The van der Waals surface area contributed by atoms with Crippen molar-refractivity contribution in [3.8, 4) is 0 Å². The normalized spacial score (nSPS) is 21.7. The first-order valence-electron chi connectivity index (χ1n) is 6.56. The molecule has 2 heterocycles. The van der Waals surface area contributed by atoms with E-state index < -0.39 is 0 Å². The summed E-state index contributed by atoms with van der Waals surface area (Å²) in [4.78, 5) is 18.5. The van der Waals surface area contributed by atoms with Crippen LogP contribution in [0.15, 0.2) is 18.3 Å². The van der Waals surface area contributed by atoms with Gasteiger partial charge in [-0.1, -0.05) is 6.07 Å². The third-order valence-corrected chi connectivity index (χ3v) is 3.70. The Labute approximate surface area is 108 Å². The fourth-order valence-corrected chi connectivity index (χ4v) is 2.48. The summed E-state index contributed by atoms with van der Waals surface area (Å²) in [5, 5.41) is 0. The van der Waals surface area contributed by atoms with Crippen LogP contribution in [-0.2, 0) is 0 Å². The monoisotopic (exact) mass is 247 g/mol. The van der Waals surface area contributed by atoms with Gasteiger partial charge in [0, 0.05) is 25.3 Å². The van der Waals surface area contributed by atoms with Gasteiger partial charge < -0.3 is 10.6 Å². The Balaban J connectivity index is 2.12. The quantitative estimate of drug-likeness (QED) is 0.863. The average molecular weight is 247 g/mol. The number of carbonyl (C=O) groups excluding carboxylic acids is 1. The van der Waals surface area contributed by atoms with Crippen molar-refractivity contribution in [2.24, 2.45) is 11.7 Å². The molecule has 0 aromatic carbocycles. The summed E-state index contributed by atoms with van der Waals surface area (Å²) in [5.74, 6) is 0.449. The maximum absolute atomic E-state index is 12.4. The van der Waals surface area contributed by atoms with Crippen molar-refractivity contribution in [3.05, 3.63) is 29.6 Å². The van der Waals surface area contributed by atoms with Crippen LogP contribution >= 0.6 is 0 Å². The molecule has 1 aliphatic heterocycles. The zero-order chi connectivity index (χ0) is 13.1. The summed E-state index contributed by atoms with van der Waals surface area (Å²) in [6, 6.07) is 3.92. The number of aryl methyl sites for hydroxylation is 1. The van der Waals surface area contributed by atoms with E-state index in [1.807, 2.05) is 30.9 Å². The predicted molar refractivity (Wildman–Crippen MR) is 71.3 cm³/mol. The number of nitrogens with zero attached hydrogens (tertiary/aromatic N) is 2. The summed E-state index contributed by atoms with van der Waals surface area (Å²) in [6.45, 7) is 5.52. The highest BCUT2D eigenvalue weighted by molar-refractivity contribution is 5.93. The minimum Gasteiger partial charge on any atom is -0.337 e. The number of rotatable bonds is 2. The zero-order valence-electron chi connectivity index (χ0n) is 11.1. The van der Waals surface area contributed by atoms with Crippen LogP contribution in [0.25, 0.3) is 0 Å². The number of likely N-dealkylation sites (tertiary alicyclic amines) is 1. The highest BCUT2D eigenvalue weighted by Gasteiger charge is 2.27. The van der Waals surface area contributed by atoms with Gasteiger partial charge in [-0.05, 0) is 44.2 Å². The van der Waals surface area contributed by atoms with E-state index in [0.717, 1.165) is 31.5 Å². The Morgan fingerprint density at radius 2 is 2.39 bits per heavy atom. The molecule has 4 nitrogen and oxygen atoms in total. The molecule has 0 bridgehead atoms. The smallest absolute Gasteiger partial charge is 0.272 e. The van der Waals surface area contributed by atoms with E-state index in [9.17, 15) is 4.79 Å². The van der Waals surface area contributed by atoms with Crippen molar-refractivity contribution in [2.75, 3.05) is 13.1 Å². The highest BCUT2D eigenvalue weighted by Crippen LogP contribution is 2.20. The molecule has 0 spiro atoms. The lowest BCUT2D eigenvalue weighted by atomic mass is 9.92. The Morgan fingerprint density at radius 3 is 3.06 bits per heavy atom. The summed E-state index contributed by atoms with van der Waals surface area (Å²) < 4.78 is 0. The van der Waals surface area contributed by atoms with Crippen LogP contribution in [0.5, 0.6) is 0 Å². The van der Waals surface area contributed by atoms with E-state index in [-0.39, 0.29) is 11.9 Å². The molecule has 1 saturated heterocycles. The number of aromatic nitrogens is 1. The summed E-state index contributed by atoms with van der Waals surface area (Å²) in [5.41, 5.74) is 7.45. The molecule has 1 aliphatic rings. The second kappa shape index (κ2) is 5.48. The van der Waals surface area contributed by atoms with E-state index in [1.165, 1.54) is 0 Å². The molecule has 2 rings (SSSR count). The molecule has 2 atom stereocenters. The number of amides is 1. The van der Waals surface area contributed by atoms with E-state index in [2.05, 4.69) is 4.98 Å². The minimum atomic E-state index is 0.0402. The summed E-state index contributed by atoms with van der Waals surface area (Å²) >= 11 is 0. The van der Waals surface area contributed by atoms with Gasteiger partial charge in [0.15, 0.2) is 0 Å². The Morgan fingerprint density at radius 1 is 1.61 bits per heavy atom. The Kier molecular flexibility index (Phi) is 3.97. The van der Waals surface area contributed by atoms with Gasteiger partial charge in [-0.25, -0.2) is 0 Å². The molecule has 4 heteroatoms. The van der Waals surface area contributed by atoms with E-state index >= 15 is 0 Å².